The van der Waals surface area contributed by atoms with Crippen LogP contribution in [-0.4, -0.2) is 39.2 Å². The fourth-order valence-electron chi connectivity index (χ4n) is 2.99. The molecule has 2 aromatic carbocycles. The van der Waals surface area contributed by atoms with E-state index in [1.165, 1.54) is 11.1 Å². The van der Waals surface area contributed by atoms with Gasteiger partial charge < -0.3 is 25.4 Å². The van der Waals surface area contributed by atoms with Crippen molar-refractivity contribution in [2.24, 2.45) is 4.99 Å². The van der Waals surface area contributed by atoms with Crippen LogP contribution in [0.2, 0.25) is 0 Å². The van der Waals surface area contributed by atoms with E-state index >= 15 is 0 Å². The van der Waals surface area contributed by atoms with E-state index in [1.807, 2.05) is 31.2 Å². The lowest BCUT2D eigenvalue weighted by Crippen LogP contribution is -2.36. The van der Waals surface area contributed by atoms with Crippen LogP contribution in [0.25, 0.3) is 0 Å². The van der Waals surface area contributed by atoms with Gasteiger partial charge >= 0.3 is 0 Å². The highest BCUT2D eigenvalue weighted by molar-refractivity contribution is 5.79. The number of amides is 1. The molecule has 0 aliphatic rings. The first-order valence-corrected chi connectivity index (χ1v) is 10.2. The van der Waals surface area contributed by atoms with E-state index in [2.05, 4.69) is 46.1 Å². The summed E-state index contributed by atoms with van der Waals surface area (Å²) in [5, 5.41) is 9.36. The zero-order valence-corrected chi connectivity index (χ0v) is 18.2. The second-order valence-electron chi connectivity index (χ2n) is 6.63. The predicted molar refractivity (Wildman–Crippen MR) is 120 cm³/mol. The molecule has 7 nitrogen and oxygen atoms in total. The van der Waals surface area contributed by atoms with Crippen LogP contribution < -0.4 is 25.4 Å². The minimum atomic E-state index is -0.162. The quantitative estimate of drug-likeness (QED) is 0.413. The second-order valence-corrected chi connectivity index (χ2v) is 6.63. The number of methoxy groups -OCH3 is 1. The topological polar surface area (TPSA) is 84.0 Å². The Labute approximate surface area is 178 Å². The van der Waals surface area contributed by atoms with E-state index in [9.17, 15) is 4.79 Å². The number of hydrogen-bond donors (Lipinski definition) is 3. The lowest BCUT2D eigenvalue weighted by atomic mass is 10.1. The fraction of sp³-hybridized carbons (Fsp3) is 0.391. The molecule has 0 aliphatic carbocycles. The number of carbonyl (C=O) groups is 1. The van der Waals surface area contributed by atoms with Gasteiger partial charge in [0, 0.05) is 26.7 Å². The van der Waals surface area contributed by atoms with E-state index in [4.69, 9.17) is 9.47 Å². The first-order valence-electron chi connectivity index (χ1n) is 10.2. The van der Waals surface area contributed by atoms with Crippen LogP contribution in [0.1, 0.15) is 30.5 Å². The lowest BCUT2D eigenvalue weighted by Gasteiger charge is -2.15. The Morgan fingerprint density at radius 3 is 2.37 bits per heavy atom. The van der Waals surface area contributed by atoms with E-state index in [-0.39, 0.29) is 12.5 Å². The smallest absolute Gasteiger partial charge is 0.257 e. The van der Waals surface area contributed by atoms with Crippen molar-refractivity contribution in [1.29, 1.82) is 0 Å². The Morgan fingerprint density at radius 1 is 0.967 bits per heavy atom. The molecule has 0 spiro atoms. The highest BCUT2D eigenvalue weighted by Gasteiger charge is 2.09. The Bertz CT molecular complexity index is 852. The molecule has 0 radical (unpaired) electrons. The third-order valence-corrected chi connectivity index (χ3v) is 4.59. The van der Waals surface area contributed by atoms with Crippen molar-refractivity contribution >= 4 is 11.9 Å². The Hall–Kier alpha value is -3.22. The fourth-order valence-corrected chi connectivity index (χ4v) is 2.99. The molecule has 162 valence electrons. The first-order chi connectivity index (χ1) is 14.6. The zero-order chi connectivity index (χ0) is 21.8. The molecule has 2 rings (SSSR count). The Morgan fingerprint density at radius 2 is 1.70 bits per heavy atom. The SMILES string of the molecule is CCNC(=O)COc1ccc(CNC(=NC)NCc2ccccc2CC)cc1OC. The summed E-state index contributed by atoms with van der Waals surface area (Å²) < 4.78 is 11.0. The third-order valence-electron chi connectivity index (χ3n) is 4.59. The van der Waals surface area contributed by atoms with Crippen molar-refractivity contribution in [3.05, 3.63) is 59.2 Å². The number of hydrogen-bond acceptors (Lipinski definition) is 4. The number of ether oxygens (including phenoxy) is 2. The maximum absolute atomic E-state index is 11.6. The number of guanidine groups is 1. The maximum atomic E-state index is 11.6. The van der Waals surface area contributed by atoms with Gasteiger partial charge in [0.05, 0.1) is 7.11 Å². The van der Waals surface area contributed by atoms with Gasteiger partial charge in [-0.15, -0.1) is 0 Å². The van der Waals surface area contributed by atoms with Crippen molar-refractivity contribution in [3.8, 4) is 11.5 Å². The summed E-state index contributed by atoms with van der Waals surface area (Å²) in [6.07, 6.45) is 0.998. The van der Waals surface area contributed by atoms with Crippen LogP contribution in [0.3, 0.4) is 0 Å². The average molecular weight is 413 g/mol. The summed E-state index contributed by atoms with van der Waals surface area (Å²) in [5.74, 6) is 1.67. The highest BCUT2D eigenvalue weighted by Crippen LogP contribution is 2.28. The average Bonchev–Trinajstić information content (AvgIpc) is 2.78. The van der Waals surface area contributed by atoms with Gasteiger partial charge in [0.15, 0.2) is 24.1 Å². The van der Waals surface area contributed by atoms with Gasteiger partial charge in [-0.1, -0.05) is 37.3 Å². The largest absolute Gasteiger partial charge is 0.493 e. The predicted octanol–water partition coefficient (Wildman–Crippen LogP) is 2.64. The molecule has 0 fully saturated rings. The molecule has 0 atom stereocenters. The number of carbonyl (C=O) groups excluding carboxylic acids is 1. The number of aryl methyl sites for hydroxylation is 1. The lowest BCUT2D eigenvalue weighted by molar-refractivity contribution is -0.123. The molecule has 3 N–H and O–H groups in total. The van der Waals surface area contributed by atoms with Crippen LogP contribution in [0.15, 0.2) is 47.5 Å². The maximum Gasteiger partial charge on any atom is 0.257 e. The van der Waals surface area contributed by atoms with E-state index in [0.717, 1.165) is 17.9 Å². The van der Waals surface area contributed by atoms with Crippen molar-refractivity contribution in [2.75, 3.05) is 27.3 Å². The second kappa shape index (κ2) is 12.4. The van der Waals surface area contributed by atoms with E-state index in [0.29, 0.717) is 31.1 Å². The van der Waals surface area contributed by atoms with Crippen LogP contribution in [0, 0.1) is 0 Å². The molecule has 0 unspecified atom stereocenters. The molecule has 0 aromatic heterocycles. The summed E-state index contributed by atoms with van der Waals surface area (Å²) >= 11 is 0. The summed E-state index contributed by atoms with van der Waals surface area (Å²) in [5.41, 5.74) is 3.60. The van der Waals surface area contributed by atoms with Crippen LogP contribution in [-0.2, 0) is 24.3 Å². The van der Waals surface area contributed by atoms with Crippen molar-refractivity contribution in [1.82, 2.24) is 16.0 Å². The van der Waals surface area contributed by atoms with Crippen molar-refractivity contribution in [3.63, 3.8) is 0 Å². The molecule has 0 bridgehead atoms. The molecule has 0 heterocycles. The Balaban J connectivity index is 1.92. The van der Waals surface area contributed by atoms with Crippen LogP contribution in [0.5, 0.6) is 11.5 Å². The minimum Gasteiger partial charge on any atom is -0.493 e. The minimum absolute atomic E-state index is 0.0441. The number of likely N-dealkylation sites (N-methyl/N-ethyl adjacent to an activating group) is 1. The molecule has 1 amide bonds. The number of aliphatic imine (C=N–C) groups is 1. The van der Waals surface area contributed by atoms with Gasteiger partial charge in [0.1, 0.15) is 0 Å². The first kappa shape index (κ1) is 23.1. The standard InChI is InChI=1S/C23H32N4O3/c1-5-18-9-7-8-10-19(18)15-27-23(24-3)26-14-17-11-12-20(21(13-17)29-4)30-16-22(28)25-6-2/h7-13H,5-6,14-16H2,1-4H3,(H,25,28)(H2,24,26,27). The van der Waals surface area contributed by atoms with Gasteiger partial charge in [-0.25, -0.2) is 0 Å². The molecular weight excluding hydrogens is 380 g/mol. The van der Waals surface area contributed by atoms with E-state index < -0.39 is 0 Å². The molecular formula is C23H32N4O3. The monoisotopic (exact) mass is 412 g/mol. The zero-order valence-electron chi connectivity index (χ0n) is 18.2. The van der Waals surface area contributed by atoms with Gasteiger partial charge in [-0.05, 0) is 42.2 Å². The normalized spacial score (nSPS) is 11.0. The summed E-state index contributed by atoms with van der Waals surface area (Å²) in [7, 11) is 3.33. The molecule has 30 heavy (non-hydrogen) atoms. The molecule has 0 saturated heterocycles. The Kier molecular flexibility index (Phi) is 9.51. The molecule has 0 aliphatic heterocycles. The third kappa shape index (κ3) is 6.99. The number of rotatable bonds is 10. The number of nitrogens with zero attached hydrogens (tertiary/aromatic N) is 1. The van der Waals surface area contributed by atoms with Gasteiger partial charge in [0.25, 0.3) is 5.91 Å². The number of benzene rings is 2. The summed E-state index contributed by atoms with van der Waals surface area (Å²) in [6, 6.07) is 14.0. The highest BCUT2D eigenvalue weighted by atomic mass is 16.5. The van der Waals surface area contributed by atoms with Crippen molar-refractivity contribution in [2.45, 2.75) is 33.4 Å². The van der Waals surface area contributed by atoms with Gasteiger partial charge in [-0.3, -0.25) is 9.79 Å². The summed E-state index contributed by atoms with van der Waals surface area (Å²) in [6.45, 7) is 5.83. The number of nitrogens with one attached hydrogen (secondary N) is 3. The van der Waals surface area contributed by atoms with Gasteiger partial charge in [0.2, 0.25) is 0 Å². The van der Waals surface area contributed by atoms with Gasteiger partial charge in [-0.2, -0.15) is 0 Å². The van der Waals surface area contributed by atoms with E-state index in [1.54, 1.807) is 14.2 Å². The van der Waals surface area contributed by atoms with Crippen LogP contribution in [0.4, 0.5) is 0 Å². The molecule has 0 saturated carbocycles. The summed E-state index contributed by atoms with van der Waals surface area (Å²) in [4.78, 5) is 15.9. The van der Waals surface area contributed by atoms with Crippen molar-refractivity contribution < 1.29 is 14.3 Å². The van der Waals surface area contributed by atoms with Crippen LogP contribution >= 0.6 is 0 Å². The molecule has 7 heteroatoms. The molecule has 2 aromatic rings.